The molecule has 0 aliphatic heterocycles. The summed E-state index contributed by atoms with van der Waals surface area (Å²) in [4.78, 5) is 12.3. The third-order valence-corrected chi connectivity index (χ3v) is 3.87. The lowest BCUT2D eigenvalue weighted by molar-refractivity contribution is -0.123. The predicted octanol–water partition coefficient (Wildman–Crippen LogP) is 3.30. The van der Waals surface area contributed by atoms with Crippen LogP contribution in [0.3, 0.4) is 0 Å². The van der Waals surface area contributed by atoms with Crippen LogP contribution in [0.5, 0.6) is 0 Å². The third kappa shape index (κ3) is 4.37. The quantitative estimate of drug-likeness (QED) is 0.766. The Kier molecular flexibility index (Phi) is 6.88. The summed E-state index contributed by atoms with van der Waals surface area (Å²) in [5, 5.41) is 3.04. The lowest BCUT2D eigenvalue weighted by Crippen LogP contribution is -2.34. The van der Waals surface area contributed by atoms with Crippen molar-refractivity contribution in [3.05, 3.63) is 35.9 Å². The molecule has 1 aromatic rings. The molecule has 3 heteroatoms. The van der Waals surface area contributed by atoms with Crippen LogP contribution in [0.1, 0.15) is 31.7 Å². The van der Waals surface area contributed by atoms with Crippen LogP contribution < -0.4 is 5.32 Å². The normalized spacial score (nSPS) is 13.9. The van der Waals surface area contributed by atoms with Gasteiger partial charge in [0.05, 0.1) is 5.92 Å². The molecule has 1 amide bonds. The maximum atomic E-state index is 12.3. The summed E-state index contributed by atoms with van der Waals surface area (Å²) in [5.74, 6) is 1.46. The van der Waals surface area contributed by atoms with Crippen molar-refractivity contribution in [3.8, 4) is 0 Å². The Morgan fingerprint density at radius 2 is 2.00 bits per heavy atom. The van der Waals surface area contributed by atoms with E-state index in [1.54, 1.807) is 11.8 Å². The number of carbonyl (C=O) groups excluding carboxylic acids is 1. The molecule has 1 aromatic carbocycles. The standard InChI is InChI=1S/C15H23NOS/c1-4-12(2)14(13-8-6-5-7-9-13)15(17)16-10-11-18-3/h5-9,12,14H,4,10-11H2,1-3H3,(H,16,17)/t12-,14+/m1/s1. The number of carbonyl (C=O) groups is 1. The zero-order chi connectivity index (χ0) is 13.4. The van der Waals surface area contributed by atoms with Gasteiger partial charge in [-0.3, -0.25) is 4.79 Å². The van der Waals surface area contributed by atoms with Crippen molar-refractivity contribution in [2.75, 3.05) is 18.6 Å². The number of thioether (sulfide) groups is 1. The van der Waals surface area contributed by atoms with Gasteiger partial charge in [-0.1, -0.05) is 50.6 Å². The molecule has 1 N–H and O–H groups in total. The average molecular weight is 265 g/mol. The maximum Gasteiger partial charge on any atom is 0.227 e. The molecule has 0 fully saturated rings. The van der Waals surface area contributed by atoms with Crippen LogP contribution in [0.4, 0.5) is 0 Å². The minimum absolute atomic E-state index is 0.0296. The van der Waals surface area contributed by atoms with Gasteiger partial charge in [0, 0.05) is 12.3 Å². The van der Waals surface area contributed by atoms with Crippen molar-refractivity contribution in [1.82, 2.24) is 5.32 Å². The molecule has 100 valence electrons. The van der Waals surface area contributed by atoms with E-state index in [9.17, 15) is 4.79 Å². The van der Waals surface area contributed by atoms with Crippen LogP contribution in [-0.2, 0) is 4.79 Å². The first kappa shape index (κ1) is 15.1. The van der Waals surface area contributed by atoms with E-state index < -0.39 is 0 Å². The van der Waals surface area contributed by atoms with Crippen molar-refractivity contribution in [2.45, 2.75) is 26.2 Å². The molecule has 0 radical (unpaired) electrons. The van der Waals surface area contributed by atoms with Gasteiger partial charge in [0.25, 0.3) is 0 Å². The molecular weight excluding hydrogens is 242 g/mol. The van der Waals surface area contributed by atoms with E-state index >= 15 is 0 Å². The van der Waals surface area contributed by atoms with Gasteiger partial charge in [0.15, 0.2) is 0 Å². The number of rotatable bonds is 7. The van der Waals surface area contributed by atoms with Crippen molar-refractivity contribution in [2.24, 2.45) is 5.92 Å². The first-order valence-electron chi connectivity index (χ1n) is 6.52. The maximum absolute atomic E-state index is 12.3. The second kappa shape index (κ2) is 8.20. The van der Waals surface area contributed by atoms with Crippen LogP contribution >= 0.6 is 11.8 Å². The summed E-state index contributed by atoms with van der Waals surface area (Å²) < 4.78 is 0. The molecular formula is C15H23NOS. The van der Waals surface area contributed by atoms with Crippen LogP contribution in [0.25, 0.3) is 0 Å². The zero-order valence-corrected chi connectivity index (χ0v) is 12.3. The van der Waals surface area contributed by atoms with Crippen molar-refractivity contribution in [3.63, 3.8) is 0 Å². The SMILES string of the molecule is CC[C@@H](C)[C@H](C(=O)NCCSC)c1ccccc1. The van der Waals surface area contributed by atoms with E-state index in [4.69, 9.17) is 0 Å². The van der Waals surface area contributed by atoms with Gasteiger partial charge >= 0.3 is 0 Å². The highest BCUT2D eigenvalue weighted by Gasteiger charge is 2.25. The van der Waals surface area contributed by atoms with Crippen LogP contribution in [0, 0.1) is 5.92 Å². The first-order valence-corrected chi connectivity index (χ1v) is 7.91. The first-order chi connectivity index (χ1) is 8.70. The summed E-state index contributed by atoms with van der Waals surface area (Å²) in [6.45, 7) is 5.03. The third-order valence-electron chi connectivity index (χ3n) is 3.26. The Morgan fingerprint density at radius 1 is 1.33 bits per heavy atom. The Hall–Kier alpha value is -0.960. The smallest absolute Gasteiger partial charge is 0.227 e. The van der Waals surface area contributed by atoms with Gasteiger partial charge in [-0.25, -0.2) is 0 Å². The lowest BCUT2D eigenvalue weighted by atomic mass is 9.85. The molecule has 0 heterocycles. The molecule has 0 bridgehead atoms. The van der Waals surface area contributed by atoms with Crippen LogP contribution in [0.15, 0.2) is 30.3 Å². The highest BCUT2D eigenvalue weighted by molar-refractivity contribution is 7.98. The fourth-order valence-corrected chi connectivity index (χ4v) is 2.33. The fourth-order valence-electron chi connectivity index (χ4n) is 2.02. The van der Waals surface area contributed by atoms with Gasteiger partial charge in [-0.2, -0.15) is 11.8 Å². The van der Waals surface area contributed by atoms with Crippen LogP contribution in [0.2, 0.25) is 0 Å². The lowest BCUT2D eigenvalue weighted by Gasteiger charge is -2.22. The van der Waals surface area contributed by atoms with Crippen LogP contribution in [-0.4, -0.2) is 24.5 Å². The van der Waals surface area contributed by atoms with Gasteiger partial charge in [0.1, 0.15) is 0 Å². The predicted molar refractivity (Wildman–Crippen MR) is 80.0 cm³/mol. The summed E-state index contributed by atoms with van der Waals surface area (Å²) >= 11 is 1.75. The number of hydrogen-bond acceptors (Lipinski definition) is 2. The number of nitrogens with one attached hydrogen (secondary N) is 1. The Morgan fingerprint density at radius 3 is 2.56 bits per heavy atom. The average Bonchev–Trinajstić information content (AvgIpc) is 2.40. The molecule has 0 spiro atoms. The molecule has 0 unspecified atom stereocenters. The van der Waals surface area contributed by atoms with E-state index in [0.29, 0.717) is 5.92 Å². The number of benzene rings is 1. The number of hydrogen-bond donors (Lipinski definition) is 1. The van der Waals surface area contributed by atoms with E-state index in [-0.39, 0.29) is 11.8 Å². The summed E-state index contributed by atoms with van der Waals surface area (Å²) in [6.07, 6.45) is 3.06. The van der Waals surface area contributed by atoms with E-state index in [0.717, 1.165) is 24.3 Å². The molecule has 0 saturated carbocycles. The molecule has 0 aliphatic carbocycles. The van der Waals surface area contributed by atoms with E-state index in [2.05, 4.69) is 25.4 Å². The number of amides is 1. The summed E-state index contributed by atoms with van der Waals surface area (Å²) in [6, 6.07) is 10.1. The van der Waals surface area contributed by atoms with Gasteiger partial charge in [-0.15, -0.1) is 0 Å². The summed E-state index contributed by atoms with van der Waals surface area (Å²) in [5.41, 5.74) is 1.12. The molecule has 0 aromatic heterocycles. The molecule has 0 saturated heterocycles. The minimum atomic E-state index is -0.0296. The van der Waals surface area contributed by atoms with Crippen molar-refractivity contribution >= 4 is 17.7 Å². The largest absolute Gasteiger partial charge is 0.355 e. The topological polar surface area (TPSA) is 29.1 Å². The molecule has 2 atom stereocenters. The van der Waals surface area contributed by atoms with Gasteiger partial charge in [0.2, 0.25) is 5.91 Å². The van der Waals surface area contributed by atoms with Crippen molar-refractivity contribution in [1.29, 1.82) is 0 Å². The van der Waals surface area contributed by atoms with Gasteiger partial charge < -0.3 is 5.32 Å². The van der Waals surface area contributed by atoms with E-state index in [1.807, 2.05) is 30.3 Å². The second-order valence-electron chi connectivity index (χ2n) is 4.56. The van der Waals surface area contributed by atoms with E-state index in [1.165, 1.54) is 0 Å². The Balaban J connectivity index is 2.76. The molecule has 1 rings (SSSR count). The fraction of sp³-hybridized carbons (Fsp3) is 0.533. The highest BCUT2D eigenvalue weighted by Crippen LogP contribution is 2.26. The molecule has 2 nitrogen and oxygen atoms in total. The Bertz CT molecular complexity index is 353. The zero-order valence-electron chi connectivity index (χ0n) is 11.5. The highest BCUT2D eigenvalue weighted by atomic mass is 32.2. The monoisotopic (exact) mass is 265 g/mol. The molecule has 0 aliphatic rings. The van der Waals surface area contributed by atoms with Gasteiger partial charge in [-0.05, 0) is 17.7 Å². The minimum Gasteiger partial charge on any atom is -0.355 e. The van der Waals surface area contributed by atoms with Crippen molar-refractivity contribution < 1.29 is 4.79 Å². The second-order valence-corrected chi connectivity index (χ2v) is 5.54. The Labute approximate surface area is 115 Å². The molecule has 18 heavy (non-hydrogen) atoms. The summed E-state index contributed by atoms with van der Waals surface area (Å²) in [7, 11) is 0.